The lowest BCUT2D eigenvalue weighted by Gasteiger charge is -2.18. The Kier molecular flexibility index (Phi) is 5.76. The second-order valence-corrected chi connectivity index (χ2v) is 5.89. The van der Waals surface area contributed by atoms with Crippen LogP contribution < -0.4 is 10.2 Å². The molecule has 3 nitrogen and oxygen atoms in total. The summed E-state index contributed by atoms with van der Waals surface area (Å²) in [5.74, 6) is 1.68. The summed E-state index contributed by atoms with van der Waals surface area (Å²) in [5, 5.41) is 3.44. The molecule has 112 valence electrons. The Morgan fingerprint density at radius 1 is 1.05 bits per heavy atom. The van der Waals surface area contributed by atoms with Crippen molar-refractivity contribution in [2.24, 2.45) is 5.92 Å². The Hall–Kier alpha value is -1.87. The van der Waals surface area contributed by atoms with Crippen LogP contribution in [0.3, 0.4) is 0 Å². The molecule has 0 saturated heterocycles. The minimum Gasteiger partial charge on any atom is -0.355 e. The Morgan fingerprint density at radius 3 is 2.43 bits per heavy atom. The van der Waals surface area contributed by atoms with Crippen molar-refractivity contribution in [3.8, 4) is 0 Å². The van der Waals surface area contributed by atoms with Crippen molar-refractivity contribution in [1.29, 1.82) is 0 Å². The third-order valence-electron chi connectivity index (χ3n) is 3.34. The molecule has 2 aromatic rings. The molecule has 0 saturated carbocycles. The maximum atomic E-state index is 4.56. The summed E-state index contributed by atoms with van der Waals surface area (Å²) in [6.07, 6.45) is 1.96. The van der Waals surface area contributed by atoms with Gasteiger partial charge in [0.05, 0.1) is 0 Å². The van der Waals surface area contributed by atoms with E-state index in [0.717, 1.165) is 25.5 Å². The lowest BCUT2D eigenvalue weighted by molar-refractivity contribution is 0.552. The molecule has 0 aliphatic carbocycles. The van der Waals surface area contributed by atoms with E-state index in [2.05, 4.69) is 72.5 Å². The fourth-order valence-electron chi connectivity index (χ4n) is 2.19. The molecule has 0 aliphatic heterocycles. The van der Waals surface area contributed by atoms with E-state index in [-0.39, 0.29) is 0 Å². The smallest absolute Gasteiger partial charge is 0.128 e. The van der Waals surface area contributed by atoms with Crippen molar-refractivity contribution >= 4 is 5.82 Å². The number of benzene rings is 1. The van der Waals surface area contributed by atoms with E-state index in [1.165, 1.54) is 11.1 Å². The lowest BCUT2D eigenvalue weighted by Crippen LogP contribution is -2.20. The maximum Gasteiger partial charge on any atom is 0.128 e. The first kappa shape index (κ1) is 15.5. The normalized spacial score (nSPS) is 10.9. The molecule has 0 radical (unpaired) electrons. The molecule has 21 heavy (non-hydrogen) atoms. The SMILES string of the molecule is CC(C)CNCc1ccc(N(C)Cc2ccccc2)nc1. The first-order valence-electron chi connectivity index (χ1n) is 7.56. The van der Waals surface area contributed by atoms with Gasteiger partial charge in [-0.1, -0.05) is 50.2 Å². The number of hydrogen-bond donors (Lipinski definition) is 1. The predicted molar refractivity (Wildman–Crippen MR) is 89.3 cm³/mol. The lowest BCUT2D eigenvalue weighted by atomic mass is 10.2. The number of hydrogen-bond acceptors (Lipinski definition) is 3. The zero-order valence-corrected chi connectivity index (χ0v) is 13.2. The number of nitrogens with one attached hydrogen (secondary N) is 1. The molecule has 2 rings (SSSR count). The van der Waals surface area contributed by atoms with Crippen LogP contribution in [0.2, 0.25) is 0 Å². The number of aromatic nitrogens is 1. The molecule has 1 aromatic carbocycles. The topological polar surface area (TPSA) is 28.2 Å². The standard InChI is InChI=1S/C18H25N3/c1-15(2)11-19-12-17-9-10-18(20-13-17)21(3)14-16-7-5-4-6-8-16/h4-10,13,15,19H,11-12,14H2,1-3H3. The Bertz CT molecular complexity index is 520. The van der Waals surface area contributed by atoms with Gasteiger partial charge in [-0.05, 0) is 29.7 Å². The monoisotopic (exact) mass is 283 g/mol. The number of pyridine rings is 1. The molecule has 0 bridgehead atoms. The van der Waals surface area contributed by atoms with Gasteiger partial charge in [-0.3, -0.25) is 0 Å². The highest BCUT2D eigenvalue weighted by atomic mass is 15.2. The summed E-state index contributed by atoms with van der Waals surface area (Å²) in [6.45, 7) is 7.22. The van der Waals surface area contributed by atoms with Crippen molar-refractivity contribution in [2.75, 3.05) is 18.5 Å². The van der Waals surface area contributed by atoms with E-state index in [9.17, 15) is 0 Å². The summed E-state index contributed by atoms with van der Waals surface area (Å²) in [4.78, 5) is 6.73. The zero-order chi connectivity index (χ0) is 15.1. The van der Waals surface area contributed by atoms with Crippen LogP contribution in [-0.2, 0) is 13.1 Å². The molecule has 1 aromatic heterocycles. The highest BCUT2D eigenvalue weighted by Crippen LogP contribution is 2.13. The van der Waals surface area contributed by atoms with Gasteiger partial charge in [-0.2, -0.15) is 0 Å². The second kappa shape index (κ2) is 7.79. The second-order valence-electron chi connectivity index (χ2n) is 5.89. The molecular weight excluding hydrogens is 258 g/mol. The average Bonchev–Trinajstić information content (AvgIpc) is 2.48. The minimum absolute atomic E-state index is 0.675. The van der Waals surface area contributed by atoms with Crippen LogP contribution in [0.25, 0.3) is 0 Å². The number of rotatable bonds is 7. The summed E-state index contributed by atoms with van der Waals surface area (Å²) in [6, 6.07) is 14.7. The van der Waals surface area contributed by atoms with Crippen molar-refractivity contribution in [2.45, 2.75) is 26.9 Å². The summed E-state index contributed by atoms with van der Waals surface area (Å²) in [7, 11) is 2.08. The number of nitrogens with zero attached hydrogens (tertiary/aromatic N) is 2. The summed E-state index contributed by atoms with van der Waals surface area (Å²) >= 11 is 0. The fourth-order valence-corrected chi connectivity index (χ4v) is 2.19. The molecule has 0 atom stereocenters. The van der Waals surface area contributed by atoms with Crippen LogP contribution in [0.4, 0.5) is 5.82 Å². The van der Waals surface area contributed by atoms with E-state index >= 15 is 0 Å². The Balaban J connectivity index is 1.89. The third kappa shape index (κ3) is 5.20. The quantitative estimate of drug-likeness (QED) is 0.843. The van der Waals surface area contributed by atoms with Gasteiger partial charge < -0.3 is 10.2 Å². The zero-order valence-electron chi connectivity index (χ0n) is 13.2. The van der Waals surface area contributed by atoms with Gasteiger partial charge in [-0.25, -0.2) is 4.98 Å². The molecule has 0 fully saturated rings. The average molecular weight is 283 g/mol. The summed E-state index contributed by atoms with van der Waals surface area (Å²) in [5.41, 5.74) is 2.52. The first-order valence-corrected chi connectivity index (χ1v) is 7.56. The maximum absolute atomic E-state index is 4.56. The molecule has 3 heteroatoms. The first-order chi connectivity index (χ1) is 10.1. The van der Waals surface area contributed by atoms with Gasteiger partial charge in [-0.15, -0.1) is 0 Å². The van der Waals surface area contributed by atoms with Crippen LogP contribution in [0.15, 0.2) is 48.7 Å². The minimum atomic E-state index is 0.675. The van der Waals surface area contributed by atoms with E-state index in [0.29, 0.717) is 5.92 Å². The van der Waals surface area contributed by atoms with E-state index in [4.69, 9.17) is 0 Å². The Labute approximate surface area is 128 Å². The van der Waals surface area contributed by atoms with Gasteiger partial charge in [0.25, 0.3) is 0 Å². The highest BCUT2D eigenvalue weighted by Gasteiger charge is 2.03. The molecule has 0 unspecified atom stereocenters. The van der Waals surface area contributed by atoms with Crippen LogP contribution in [0.5, 0.6) is 0 Å². The molecular formula is C18H25N3. The molecule has 1 N–H and O–H groups in total. The molecule has 0 spiro atoms. The van der Waals surface area contributed by atoms with E-state index in [1.54, 1.807) is 0 Å². The van der Waals surface area contributed by atoms with Crippen molar-refractivity contribution in [3.63, 3.8) is 0 Å². The van der Waals surface area contributed by atoms with Crippen LogP contribution in [0, 0.1) is 5.92 Å². The van der Waals surface area contributed by atoms with Crippen molar-refractivity contribution in [3.05, 3.63) is 59.8 Å². The van der Waals surface area contributed by atoms with E-state index in [1.807, 2.05) is 12.3 Å². The predicted octanol–water partition coefficient (Wildman–Crippen LogP) is 3.46. The van der Waals surface area contributed by atoms with Crippen LogP contribution in [0.1, 0.15) is 25.0 Å². The van der Waals surface area contributed by atoms with Gasteiger partial charge in [0, 0.05) is 26.3 Å². The largest absolute Gasteiger partial charge is 0.355 e. The van der Waals surface area contributed by atoms with Gasteiger partial charge in [0.15, 0.2) is 0 Å². The van der Waals surface area contributed by atoms with Crippen LogP contribution in [-0.4, -0.2) is 18.6 Å². The third-order valence-corrected chi connectivity index (χ3v) is 3.34. The highest BCUT2D eigenvalue weighted by molar-refractivity contribution is 5.39. The van der Waals surface area contributed by atoms with Gasteiger partial charge >= 0.3 is 0 Å². The van der Waals surface area contributed by atoms with Crippen molar-refractivity contribution < 1.29 is 0 Å². The molecule has 0 amide bonds. The van der Waals surface area contributed by atoms with Crippen LogP contribution >= 0.6 is 0 Å². The van der Waals surface area contributed by atoms with E-state index < -0.39 is 0 Å². The van der Waals surface area contributed by atoms with Crippen molar-refractivity contribution in [1.82, 2.24) is 10.3 Å². The molecule has 0 aliphatic rings. The van der Waals surface area contributed by atoms with Gasteiger partial charge in [0.1, 0.15) is 5.82 Å². The summed E-state index contributed by atoms with van der Waals surface area (Å²) < 4.78 is 0. The molecule has 1 heterocycles. The number of anilines is 1. The fraction of sp³-hybridized carbons (Fsp3) is 0.389. The van der Waals surface area contributed by atoms with Gasteiger partial charge in [0.2, 0.25) is 0 Å². The Morgan fingerprint density at radius 2 is 1.81 bits per heavy atom.